The summed E-state index contributed by atoms with van der Waals surface area (Å²) in [5, 5.41) is 6.98. The van der Waals surface area contributed by atoms with Gasteiger partial charge in [-0.2, -0.15) is 0 Å². The first-order valence-electron chi connectivity index (χ1n) is 6.92. The van der Waals surface area contributed by atoms with Gasteiger partial charge in [-0.05, 0) is 31.2 Å². The molecular formula is C16H14N6O. The fourth-order valence-electron chi connectivity index (χ4n) is 2.24. The molecule has 0 spiro atoms. The van der Waals surface area contributed by atoms with E-state index in [1.165, 1.54) is 0 Å². The lowest BCUT2D eigenvalue weighted by Gasteiger charge is -2.03. The van der Waals surface area contributed by atoms with Gasteiger partial charge in [-0.25, -0.2) is 9.98 Å². The molecule has 0 unspecified atom stereocenters. The molecule has 0 aromatic carbocycles. The van der Waals surface area contributed by atoms with Crippen molar-refractivity contribution in [1.82, 2.24) is 19.9 Å². The largest absolute Gasteiger partial charge is 0.346 e. The van der Waals surface area contributed by atoms with Crippen molar-refractivity contribution >= 4 is 12.6 Å². The minimum absolute atomic E-state index is 0.242. The highest BCUT2D eigenvalue weighted by Gasteiger charge is 2.15. The maximum absolute atomic E-state index is 11.1. The van der Waals surface area contributed by atoms with Crippen molar-refractivity contribution < 1.29 is 4.79 Å². The average molecular weight is 306 g/mol. The van der Waals surface area contributed by atoms with Gasteiger partial charge >= 0.3 is 0 Å². The summed E-state index contributed by atoms with van der Waals surface area (Å²) in [4.78, 5) is 29.7. The summed E-state index contributed by atoms with van der Waals surface area (Å²) >= 11 is 0. The first kappa shape index (κ1) is 14.6. The second kappa shape index (κ2) is 6.18. The molecule has 3 aromatic heterocycles. The van der Waals surface area contributed by atoms with E-state index in [0.717, 1.165) is 17.6 Å². The SMILES string of the molecule is Cc1cccc(-c2nc(C=O)[nH]c2-c2cc/c(=N/C=N)[nH]c2)n1. The predicted molar refractivity (Wildman–Crippen MR) is 86.1 cm³/mol. The van der Waals surface area contributed by atoms with Gasteiger partial charge in [0.2, 0.25) is 0 Å². The van der Waals surface area contributed by atoms with Gasteiger partial charge in [0.1, 0.15) is 17.5 Å². The number of hydrogen-bond donors (Lipinski definition) is 3. The molecule has 3 rings (SSSR count). The predicted octanol–water partition coefficient (Wildman–Crippen LogP) is 2.10. The van der Waals surface area contributed by atoms with E-state index in [0.29, 0.717) is 28.9 Å². The molecular weight excluding hydrogens is 292 g/mol. The number of rotatable bonds is 4. The number of hydrogen-bond acceptors (Lipinski definition) is 4. The summed E-state index contributed by atoms with van der Waals surface area (Å²) in [6, 6.07) is 9.23. The van der Waals surface area contributed by atoms with Crippen molar-refractivity contribution in [3.63, 3.8) is 0 Å². The monoisotopic (exact) mass is 306 g/mol. The molecule has 0 saturated carbocycles. The van der Waals surface area contributed by atoms with E-state index in [9.17, 15) is 4.79 Å². The molecule has 0 aliphatic rings. The number of nitrogens with zero attached hydrogens (tertiary/aromatic N) is 3. The Bertz CT molecular complexity index is 917. The van der Waals surface area contributed by atoms with E-state index in [-0.39, 0.29) is 5.82 Å². The molecule has 114 valence electrons. The zero-order valence-corrected chi connectivity index (χ0v) is 12.4. The fourth-order valence-corrected chi connectivity index (χ4v) is 2.24. The Morgan fingerprint density at radius 2 is 2.09 bits per heavy atom. The van der Waals surface area contributed by atoms with Crippen molar-refractivity contribution in [3.05, 3.63) is 53.5 Å². The number of aldehydes is 1. The summed E-state index contributed by atoms with van der Waals surface area (Å²) in [5.74, 6) is 0.242. The van der Waals surface area contributed by atoms with E-state index in [1.54, 1.807) is 12.3 Å². The Balaban J connectivity index is 2.15. The number of aromatic nitrogens is 4. The molecule has 0 aliphatic carbocycles. The minimum atomic E-state index is 0.242. The van der Waals surface area contributed by atoms with Crippen LogP contribution in [0, 0.1) is 12.3 Å². The first-order chi connectivity index (χ1) is 11.2. The van der Waals surface area contributed by atoms with Crippen LogP contribution in [0.1, 0.15) is 16.3 Å². The molecule has 7 heteroatoms. The molecule has 0 aliphatic heterocycles. The third kappa shape index (κ3) is 2.98. The standard InChI is InChI=1S/C16H14N6O/c1-10-3-2-4-12(20-10)16-15(21-14(8-23)22-16)11-5-6-13(18-7-11)19-9-17/h2-9H,1H3,(H,21,22)(H2,17,18,19). The highest BCUT2D eigenvalue weighted by Crippen LogP contribution is 2.28. The van der Waals surface area contributed by atoms with Gasteiger partial charge in [0.15, 0.2) is 12.1 Å². The van der Waals surface area contributed by atoms with Crippen LogP contribution < -0.4 is 5.49 Å². The van der Waals surface area contributed by atoms with Gasteiger partial charge in [0.25, 0.3) is 0 Å². The molecule has 3 aromatic rings. The lowest BCUT2D eigenvalue weighted by atomic mass is 10.1. The molecule has 23 heavy (non-hydrogen) atoms. The summed E-state index contributed by atoms with van der Waals surface area (Å²) in [6.07, 6.45) is 3.38. The van der Waals surface area contributed by atoms with Crippen LogP contribution in [0.4, 0.5) is 0 Å². The van der Waals surface area contributed by atoms with Gasteiger partial charge in [0.05, 0.1) is 11.4 Å². The van der Waals surface area contributed by atoms with Crippen LogP contribution in [0.15, 0.2) is 41.5 Å². The lowest BCUT2D eigenvalue weighted by Crippen LogP contribution is -2.05. The van der Waals surface area contributed by atoms with Gasteiger partial charge in [-0.3, -0.25) is 15.2 Å². The van der Waals surface area contributed by atoms with Crippen LogP contribution in [0.2, 0.25) is 0 Å². The van der Waals surface area contributed by atoms with Crippen LogP contribution in [0.5, 0.6) is 0 Å². The smallest absolute Gasteiger partial charge is 0.185 e. The van der Waals surface area contributed by atoms with Crippen molar-refractivity contribution in [2.45, 2.75) is 6.92 Å². The Kier molecular flexibility index (Phi) is 3.92. The van der Waals surface area contributed by atoms with Crippen molar-refractivity contribution in [3.8, 4) is 22.6 Å². The maximum Gasteiger partial charge on any atom is 0.185 e. The summed E-state index contributed by atoms with van der Waals surface area (Å²) < 4.78 is 0. The molecule has 0 amide bonds. The number of nitrogens with one attached hydrogen (secondary N) is 3. The van der Waals surface area contributed by atoms with Crippen molar-refractivity contribution in [2.75, 3.05) is 0 Å². The Morgan fingerprint density at radius 3 is 2.74 bits per heavy atom. The highest BCUT2D eigenvalue weighted by atomic mass is 16.1. The third-order valence-corrected chi connectivity index (χ3v) is 3.25. The summed E-state index contributed by atoms with van der Waals surface area (Å²) in [7, 11) is 0. The van der Waals surface area contributed by atoms with Crippen LogP contribution in [-0.2, 0) is 0 Å². The van der Waals surface area contributed by atoms with Crippen molar-refractivity contribution in [1.29, 1.82) is 5.41 Å². The maximum atomic E-state index is 11.1. The summed E-state index contributed by atoms with van der Waals surface area (Å²) in [6.45, 7) is 1.90. The molecule has 7 nitrogen and oxygen atoms in total. The number of H-pyrrole nitrogens is 2. The van der Waals surface area contributed by atoms with E-state index in [4.69, 9.17) is 5.41 Å². The Hall–Kier alpha value is -3.35. The van der Waals surface area contributed by atoms with E-state index >= 15 is 0 Å². The Morgan fingerprint density at radius 1 is 1.22 bits per heavy atom. The third-order valence-electron chi connectivity index (χ3n) is 3.25. The number of aromatic amines is 2. The Labute approximate surface area is 131 Å². The van der Waals surface area contributed by atoms with Crippen LogP contribution >= 0.6 is 0 Å². The number of pyridine rings is 2. The van der Waals surface area contributed by atoms with Gasteiger partial charge in [-0.15, -0.1) is 0 Å². The lowest BCUT2D eigenvalue weighted by molar-refractivity contribution is 0.111. The zero-order valence-electron chi connectivity index (χ0n) is 12.4. The van der Waals surface area contributed by atoms with E-state index in [2.05, 4.69) is 24.9 Å². The zero-order chi connectivity index (χ0) is 16.2. The number of carbonyl (C=O) groups excluding carboxylic acids is 1. The highest BCUT2D eigenvalue weighted by molar-refractivity contribution is 5.81. The van der Waals surface area contributed by atoms with Crippen LogP contribution in [0.25, 0.3) is 22.6 Å². The molecule has 0 saturated heterocycles. The fraction of sp³-hybridized carbons (Fsp3) is 0.0625. The number of imidazole rings is 1. The molecule has 0 atom stereocenters. The molecule has 0 radical (unpaired) electrons. The molecule has 0 fully saturated rings. The summed E-state index contributed by atoms with van der Waals surface area (Å²) in [5.41, 5.74) is 4.25. The van der Waals surface area contributed by atoms with Gasteiger partial charge in [0, 0.05) is 17.5 Å². The minimum Gasteiger partial charge on any atom is -0.346 e. The second-order valence-electron chi connectivity index (χ2n) is 4.85. The van der Waals surface area contributed by atoms with Gasteiger partial charge in [-0.1, -0.05) is 6.07 Å². The first-order valence-corrected chi connectivity index (χ1v) is 6.92. The van der Waals surface area contributed by atoms with Crippen LogP contribution in [-0.4, -0.2) is 32.6 Å². The molecule has 0 bridgehead atoms. The van der Waals surface area contributed by atoms with Crippen LogP contribution in [0.3, 0.4) is 0 Å². The van der Waals surface area contributed by atoms with Gasteiger partial charge < -0.3 is 9.97 Å². The molecule has 3 heterocycles. The average Bonchev–Trinajstić information content (AvgIpc) is 3.00. The number of carbonyl (C=O) groups is 1. The van der Waals surface area contributed by atoms with E-state index < -0.39 is 0 Å². The van der Waals surface area contributed by atoms with Crippen molar-refractivity contribution in [2.24, 2.45) is 4.99 Å². The molecule has 3 N–H and O–H groups in total. The number of aryl methyl sites for hydroxylation is 1. The normalized spacial score (nSPS) is 11.4. The quantitative estimate of drug-likeness (QED) is 0.390. The topological polar surface area (TPSA) is 111 Å². The van der Waals surface area contributed by atoms with E-state index in [1.807, 2.05) is 31.2 Å². The second-order valence-corrected chi connectivity index (χ2v) is 4.85.